The van der Waals surface area contributed by atoms with E-state index in [9.17, 15) is 9.59 Å². The van der Waals surface area contributed by atoms with Crippen LogP contribution in [-0.2, 0) is 11.8 Å². The molecule has 1 unspecified atom stereocenters. The molecule has 0 bridgehead atoms. The Balaban J connectivity index is 1.55. The Morgan fingerprint density at radius 1 is 1.13 bits per heavy atom. The van der Waals surface area contributed by atoms with Crippen LogP contribution in [0.1, 0.15) is 18.5 Å². The molecule has 7 heteroatoms. The highest BCUT2D eigenvalue weighted by atomic mass is 35.5. The van der Waals surface area contributed by atoms with Crippen LogP contribution in [0.3, 0.4) is 0 Å². The molecular weight excluding hydrogens is 400 g/mol. The SMILES string of the molecule is Cc1cnn(C)c1-c1ccc(NC(=O)C(C)n2ccc3cc(Cl)ccc3c2=O)cc1. The third kappa shape index (κ3) is 3.62. The van der Waals surface area contributed by atoms with E-state index in [-0.39, 0.29) is 11.5 Å². The molecule has 152 valence electrons. The molecule has 30 heavy (non-hydrogen) atoms. The Bertz CT molecular complexity index is 1290. The van der Waals surface area contributed by atoms with Crippen LogP contribution in [0.15, 0.2) is 65.7 Å². The molecule has 1 amide bonds. The smallest absolute Gasteiger partial charge is 0.259 e. The number of benzene rings is 2. The van der Waals surface area contributed by atoms with Gasteiger partial charge in [0, 0.05) is 34.9 Å². The van der Waals surface area contributed by atoms with Gasteiger partial charge in [-0.2, -0.15) is 5.10 Å². The number of carbonyl (C=O) groups excluding carboxylic acids is 1. The monoisotopic (exact) mass is 420 g/mol. The van der Waals surface area contributed by atoms with Crippen molar-refractivity contribution in [2.75, 3.05) is 5.32 Å². The number of aromatic nitrogens is 3. The number of rotatable bonds is 4. The fourth-order valence-corrected chi connectivity index (χ4v) is 3.77. The second-order valence-corrected chi connectivity index (χ2v) is 7.74. The third-order valence-electron chi connectivity index (χ3n) is 5.24. The van der Waals surface area contributed by atoms with Crippen LogP contribution in [0.2, 0.25) is 5.02 Å². The average Bonchev–Trinajstić information content (AvgIpc) is 3.06. The lowest BCUT2D eigenvalue weighted by molar-refractivity contribution is -0.118. The van der Waals surface area contributed by atoms with Gasteiger partial charge in [0.15, 0.2) is 0 Å². The number of hydrogen-bond donors (Lipinski definition) is 1. The Morgan fingerprint density at radius 3 is 2.53 bits per heavy atom. The lowest BCUT2D eigenvalue weighted by Gasteiger charge is -2.16. The van der Waals surface area contributed by atoms with Gasteiger partial charge in [0.25, 0.3) is 5.56 Å². The van der Waals surface area contributed by atoms with Gasteiger partial charge in [0.1, 0.15) is 6.04 Å². The number of hydrogen-bond acceptors (Lipinski definition) is 3. The Morgan fingerprint density at radius 2 is 1.87 bits per heavy atom. The topological polar surface area (TPSA) is 68.9 Å². The van der Waals surface area contributed by atoms with Gasteiger partial charge in [-0.15, -0.1) is 0 Å². The normalized spacial score (nSPS) is 12.1. The van der Waals surface area contributed by atoms with Gasteiger partial charge in [-0.25, -0.2) is 0 Å². The predicted molar refractivity (Wildman–Crippen MR) is 120 cm³/mol. The first-order valence-corrected chi connectivity index (χ1v) is 9.93. The molecule has 6 nitrogen and oxygen atoms in total. The number of anilines is 1. The fraction of sp³-hybridized carbons (Fsp3) is 0.174. The number of nitrogens with one attached hydrogen (secondary N) is 1. The van der Waals surface area contributed by atoms with Gasteiger partial charge in [0.2, 0.25) is 5.91 Å². The fourth-order valence-electron chi connectivity index (χ4n) is 3.58. The summed E-state index contributed by atoms with van der Waals surface area (Å²) in [4.78, 5) is 25.6. The maximum absolute atomic E-state index is 12.8. The first kappa shape index (κ1) is 19.9. The minimum atomic E-state index is -0.670. The van der Waals surface area contributed by atoms with E-state index in [2.05, 4.69) is 10.4 Å². The summed E-state index contributed by atoms with van der Waals surface area (Å²) < 4.78 is 3.25. The number of fused-ring (bicyclic) bond motifs is 1. The highest BCUT2D eigenvalue weighted by Gasteiger charge is 2.17. The highest BCUT2D eigenvalue weighted by molar-refractivity contribution is 6.31. The van der Waals surface area contributed by atoms with Crippen LogP contribution >= 0.6 is 11.6 Å². The van der Waals surface area contributed by atoms with E-state index in [4.69, 9.17) is 11.6 Å². The molecule has 4 aromatic rings. The van der Waals surface area contributed by atoms with Crippen LogP contribution in [0.5, 0.6) is 0 Å². The minimum Gasteiger partial charge on any atom is -0.324 e. The second kappa shape index (κ2) is 7.80. The zero-order valence-electron chi connectivity index (χ0n) is 16.9. The van der Waals surface area contributed by atoms with Crippen molar-refractivity contribution in [2.24, 2.45) is 7.05 Å². The van der Waals surface area contributed by atoms with Gasteiger partial charge in [0.05, 0.1) is 11.9 Å². The molecule has 0 fully saturated rings. The van der Waals surface area contributed by atoms with Crippen LogP contribution in [-0.4, -0.2) is 20.3 Å². The van der Waals surface area contributed by atoms with Gasteiger partial charge < -0.3 is 9.88 Å². The Kier molecular flexibility index (Phi) is 5.18. The van der Waals surface area contributed by atoms with Crippen molar-refractivity contribution in [3.05, 3.63) is 81.9 Å². The number of carbonyl (C=O) groups is 1. The molecule has 1 atom stereocenters. The summed E-state index contributed by atoms with van der Waals surface area (Å²) in [6.07, 6.45) is 3.45. The Labute approximate surface area is 178 Å². The average molecular weight is 421 g/mol. The Hall–Kier alpha value is -3.38. The highest BCUT2D eigenvalue weighted by Crippen LogP contribution is 2.24. The van der Waals surface area contributed by atoms with Crippen LogP contribution in [0.4, 0.5) is 5.69 Å². The van der Waals surface area contributed by atoms with Crippen molar-refractivity contribution in [3.63, 3.8) is 0 Å². The number of aryl methyl sites for hydroxylation is 2. The predicted octanol–water partition coefficient (Wildman–Crippen LogP) is 4.56. The number of pyridine rings is 1. The zero-order chi connectivity index (χ0) is 21.4. The van der Waals surface area contributed by atoms with Crippen LogP contribution < -0.4 is 10.9 Å². The largest absolute Gasteiger partial charge is 0.324 e. The van der Waals surface area contributed by atoms with Crippen molar-refractivity contribution < 1.29 is 4.79 Å². The molecular formula is C23H21ClN4O2. The molecule has 2 aromatic heterocycles. The summed E-state index contributed by atoms with van der Waals surface area (Å²) in [5.74, 6) is -0.269. The van der Waals surface area contributed by atoms with Crippen molar-refractivity contribution in [1.29, 1.82) is 0 Å². The first-order chi connectivity index (χ1) is 14.3. The van der Waals surface area contributed by atoms with Crippen molar-refractivity contribution in [2.45, 2.75) is 19.9 Å². The zero-order valence-corrected chi connectivity index (χ0v) is 17.6. The molecule has 0 aliphatic heterocycles. The molecule has 0 saturated carbocycles. The van der Waals surface area contributed by atoms with E-state index in [1.165, 1.54) is 4.57 Å². The van der Waals surface area contributed by atoms with Crippen molar-refractivity contribution >= 4 is 34.0 Å². The van der Waals surface area contributed by atoms with Gasteiger partial charge in [-0.3, -0.25) is 14.3 Å². The molecule has 0 radical (unpaired) electrons. The summed E-state index contributed by atoms with van der Waals surface area (Å²) in [6, 6.07) is 13.8. The standard InChI is InChI=1S/C23H21ClN4O2/c1-14-13-25-27(3)21(14)16-4-7-19(8-5-16)26-22(29)15(2)28-11-10-17-12-18(24)6-9-20(17)23(28)30/h4-13,15H,1-3H3,(H,26,29). The molecule has 2 heterocycles. The van der Waals surface area contributed by atoms with Crippen LogP contribution in [0, 0.1) is 6.92 Å². The molecule has 0 aliphatic rings. The minimum absolute atomic E-state index is 0.228. The van der Waals surface area contributed by atoms with Crippen molar-refractivity contribution in [1.82, 2.24) is 14.3 Å². The quantitative estimate of drug-likeness (QED) is 0.526. The third-order valence-corrected chi connectivity index (χ3v) is 5.47. The number of amides is 1. The molecule has 4 rings (SSSR count). The molecule has 1 N–H and O–H groups in total. The maximum atomic E-state index is 12.8. The van der Waals surface area contributed by atoms with Gasteiger partial charge in [-0.05, 0) is 61.2 Å². The molecule has 2 aromatic carbocycles. The van der Waals surface area contributed by atoms with Crippen LogP contribution in [0.25, 0.3) is 22.0 Å². The van der Waals surface area contributed by atoms with E-state index in [1.54, 1.807) is 37.4 Å². The van der Waals surface area contributed by atoms with E-state index >= 15 is 0 Å². The maximum Gasteiger partial charge on any atom is 0.259 e. The first-order valence-electron chi connectivity index (χ1n) is 9.55. The molecule has 0 spiro atoms. The lowest BCUT2D eigenvalue weighted by atomic mass is 10.1. The molecule has 0 aliphatic carbocycles. The number of nitrogens with zero attached hydrogens (tertiary/aromatic N) is 3. The van der Waals surface area contributed by atoms with E-state index in [1.807, 2.05) is 49.1 Å². The van der Waals surface area contributed by atoms with Gasteiger partial charge in [-0.1, -0.05) is 23.7 Å². The van der Waals surface area contributed by atoms with Crippen molar-refractivity contribution in [3.8, 4) is 11.3 Å². The molecule has 0 saturated heterocycles. The van der Waals surface area contributed by atoms with E-state index < -0.39 is 6.04 Å². The van der Waals surface area contributed by atoms with Gasteiger partial charge >= 0.3 is 0 Å². The summed E-state index contributed by atoms with van der Waals surface area (Å²) in [5, 5.41) is 8.98. The summed E-state index contributed by atoms with van der Waals surface area (Å²) in [6.45, 7) is 3.71. The van der Waals surface area contributed by atoms with E-state index in [0.29, 0.717) is 16.1 Å². The summed E-state index contributed by atoms with van der Waals surface area (Å²) in [7, 11) is 1.90. The second-order valence-electron chi connectivity index (χ2n) is 7.30. The van der Waals surface area contributed by atoms with E-state index in [0.717, 1.165) is 22.2 Å². The number of halogens is 1. The lowest BCUT2D eigenvalue weighted by Crippen LogP contribution is -2.31. The summed E-state index contributed by atoms with van der Waals surface area (Å²) >= 11 is 6.00. The summed E-state index contributed by atoms with van der Waals surface area (Å²) in [5.41, 5.74) is 3.57.